The molecule has 3 nitrogen and oxygen atoms in total. The van der Waals surface area contributed by atoms with Crippen molar-refractivity contribution < 1.29 is 13.6 Å². The quantitative estimate of drug-likeness (QED) is 0.579. The lowest BCUT2D eigenvalue weighted by Gasteiger charge is -2.08. The van der Waals surface area contributed by atoms with E-state index in [9.17, 15) is 13.6 Å². The molecule has 12 heavy (non-hydrogen) atoms. The molecule has 0 rings (SSSR count). The lowest BCUT2D eigenvalue weighted by Crippen LogP contribution is -2.42. The summed E-state index contributed by atoms with van der Waals surface area (Å²) in [5, 5.41) is 1.96. The van der Waals surface area contributed by atoms with Crippen molar-refractivity contribution >= 4 is 5.91 Å². The van der Waals surface area contributed by atoms with Crippen molar-refractivity contribution in [1.29, 1.82) is 0 Å². The van der Waals surface area contributed by atoms with Crippen LogP contribution in [-0.4, -0.2) is 24.9 Å². The third kappa shape index (κ3) is 4.63. The largest absolute Gasteiger partial charge is 0.349 e. The van der Waals surface area contributed by atoms with Crippen molar-refractivity contribution in [1.82, 2.24) is 5.32 Å². The molecule has 1 atom stereocenters. The van der Waals surface area contributed by atoms with Gasteiger partial charge in [-0.2, -0.15) is 0 Å². The van der Waals surface area contributed by atoms with Crippen LogP contribution in [0.15, 0.2) is 0 Å². The van der Waals surface area contributed by atoms with E-state index in [0.29, 0.717) is 0 Å². The Labute approximate surface area is 69.3 Å². The van der Waals surface area contributed by atoms with E-state index in [1.807, 2.05) is 5.32 Å². The molecule has 0 radical (unpaired) electrons. The maximum Gasteiger partial charge on any atom is 0.255 e. The molecule has 68 valence electrons. The molecule has 0 aliphatic rings. The summed E-state index contributed by atoms with van der Waals surface area (Å²) in [6.07, 6.45) is 2.35. The Bertz CT molecular complexity index is 188. The molecule has 0 heterocycles. The molecule has 1 unspecified atom stereocenters. The minimum atomic E-state index is -2.56. The maximum absolute atomic E-state index is 11.5. The molecule has 0 aliphatic heterocycles. The highest BCUT2D eigenvalue weighted by Crippen LogP contribution is 1.90. The van der Waals surface area contributed by atoms with E-state index >= 15 is 0 Å². The summed E-state index contributed by atoms with van der Waals surface area (Å²) in [6, 6.07) is -0.895. The minimum Gasteiger partial charge on any atom is -0.349 e. The van der Waals surface area contributed by atoms with E-state index in [1.165, 1.54) is 0 Å². The first kappa shape index (κ1) is 10.8. The van der Waals surface area contributed by atoms with Crippen molar-refractivity contribution in [2.24, 2.45) is 5.73 Å². The number of carbonyl (C=O) groups is 1. The van der Waals surface area contributed by atoms with Gasteiger partial charge in [-0.3, -0.25) is 4.79 Å². The smallest absolute Gasteiger partial charge is 0.255 e. The van der Waals surface area contributed by atoms with Crippen molar-refractivity contribution in [2.45, 2.75) is 18.9 Å². The molecule has 0 aromatic heterocycles. The van der Waals surface area contributed by atoms with E-state index in [-0.39, 0.29) is 6.42 Å². The van der Waals surface area contributed by atoms with Crippen molar-refractivity contribution in [3.8, 4) is 12.3 Å². The van der Waals surface area contributed by atoms with Crippen LogP contribution in [0.3, 0.4) is 0 Å². The maximum atomic E-state index is 11.5. The lowest BCUT2D eigenvalue weighted by atomic mass is 10.2. The van der Waals surface area contributed by atoms with Crippen LogP contribution in [0.5, 0.6) is 0 Å². The summed E-state index contributed by atoms with van der Waals surface area (Å²) in [4.78, 5) is 10.8. The number of rotatable bonds is 4. The second-order valence-corrected chi connectivity index (χ2v) is 2.15. The topological polar surface area (TPSA) is 55.1 Å². The van der Waals surface area contributed by atoms with Crippen LogP contribution in [-0.2, 0) is 4.79 Å². The van der Waals surface area contributed by atoms with Gasteiger partial charge < -0.3 is 11.1 Å². The van der Waals surface area contributed by atoms with E-state index in [2.05, 4.69) is 5.92 Å². The Hall–Kier alpha value is -1.15. The van der Waals surface area contributed by atoms with Gasteiger partial charge in [0, 0.05) is 6.42 Å². The summed E-state index contributed by atoms with van der Waals surface area (Å²) >= 11 is 0. The Morgan fingerprint density at radius 3 is 2.67 bits per heavy atom. The SMILES string of the molecule is C#CCC(N)C(=O)NCC(F)F. The van der Waals surface area contributed by atoms with Gasteiger partial charge in [-0.25, -0.2) is 8.78 Å². The molecule has 0 aromatic rings. The average Bonchev–Trinajstić information content (AvgIpc) is 2.00. The van der Waals surface area contributed by atoms with Crippen molar-refractivity contribution in [3.63, 3.8) is 0 Å². The number of alkyl halides is 2. The van der Waals surface area contributed by atoms with Crippen LogP contribution in [0.2, 0.25) is 0 Å². The zero-order valence-electron chi connectivity index (χ0n) is 6.39. The normalized spacial score (nSPS) is 12.2. The molecule has 3 N–H and O–H groups in total. The highest BCUT2D eigenvalue weighted by Gasteiger charge is 2.12. The summed E-state index contributed by atoms with van der Waals surface area (Å²) in [7, 11) is 0. The van der Waals surface area contributed by atoms with E-state index in [0.717, 1.165) is 0 Å². The van der Waals surface area contributed by atoms with Crippen LogP contribution in [0, 0.1) is 12.3 Å². The van der Waals surface area contributed by atoms with Gasteiger partial charge in [0.2, 0.25) is 5.91 Å². The molecule has 0 aromatic carbocycles. The number of carbonyl (C=O) groups excluding carboxylic acids is 1. The zero-order chi connectivity index (χ0) is 9.56. The van der Waals surface area contributed by atoms with Crippen molar-refractivity contribution in [2.75, 3.05) is 6.54 Å². The Kier molecular flexibility index (Phi) is 4.97. The minimum absolute atomic E-state index is 0.0507. The number of terminal acetylenes is 1. The van der Waals surface area contributed by atoms with Gasteiger partial charge in [0.05, 0.1) is 12.6 Å². The predicted octanol–water partition coefficient (Wildman–Crippen LogP) is -0.282. The fraction of sp³-hybridized carbons (Fsp3) is 0.571. The van der Waals surface area contributed by atoms with Gasteiger partial charge in [0.25, 0.3) is 6.43 Å². The fourth-order valence-corrected chi connectivity index (χ4v) is 0.529. The number of halogens is 2. The highest BCUT2D eigenvalue weighted by molar-refractivity contribution is 5.81. The van der Waals surface area contributed by atoms with Gasteiger partial charge in [0.15, 0.2) is 0 Å². The Morgan fingerprint density at radius 2 is 2.25 bits per heavy atom. The van der Waals surface area contributed by atoms with Crippen molar-refractivity contribution in [3.05, 3.63) is 0 Å². The number of nitrogens with one attached hydrogen (secondary N) is 1. The lowest BCUT2D eigenvalue weighted by molar-refractivity contribution is -0.122. The van der Waals surface area contributed by atoms with E-state index in [4.69, 9.17) is 12.2 Å². The van der Waals surface area contributed by atoms with Crippen LogP contribution in [0.25, 0.3) is 0 Å². The monoisotopic (exact) mass is 176 g/mol. The molecule has 0 bridgehead atoms. The van der Waals surface area contributed by atoms with Crippen LogP contribution >= 0.6 is 0 Å². The molecule has 1 amide bonds. The molecule has 0 saturated heterocycles. The standard InChI is InChI=1S/C7H10F2N2O/c1-2-3-5(10)7(12)11-4-6(8)9/h1,5-6H,3-4,10H2,(H,11,12). The van der Waals surface area contributed by atoms with Crippen LogP contribution < -0.4 is 11.1 Å². The number of hydrogen-bond acceptors (Lipinski definition) is 2. The molecule has 0 spiro atoms. The third-order valence-corrected chi connectivity index (χ3v) is 1.11. The molecular formula is C7H10F2N2O. The zero-order valence-corrected chi connectivity index (χ0v) is 6.39. The highest BCUT2D eigenvalue weighted by atomic mass is 19.3. The Morgan fingerprint density at radius 1 is 1.67 bits per heavy atom. The molecule has 0 aliphatic carbocycles. The second kappa shape index (κ2) is 5.49. The number of amides is 1. The molecule has 0 saturated carbocycles. The number of hydrogen-bond donors (Lipinski definition) is 2. The van der Waals surface area contributed by atoms with Gasteiger partial charge in [-0.05, 0) is 0 Å². The summed E-state index contributed by atoms with van der Waals surface area (Å²) in [6.45, 7) is -0.683. The predicted molar refractivity (Wildman–Crippen MR) is 40.4 cm³/mol. The first-order valence-corrected chi connectivity index (χ1v) is 3.32. The van der Waals surface area contributed by atoms with Gasteiger partial charge in [-0.15, -0.1) is 12.3 Å². The summed E-state index contributed by atoms with van der Waals surface area (Å²) < 4.78 is 23.1. The van der Waals surface area contributed by atoms with Gasteiger partial charge in [0.1, 0.15) is 0 Å². The molecule has 0 fully saturated rings. The van der Waals surface area contributed by atoms with Crippen LogP contribution in [0.1, 0.15) is 6.42 Å². The summed E-state index contributed by atoms with van der Waals surface area (Å²) in [5.74, 6) is 1.52. The average molecular weight is 176 g/mol. The summed E-state index contributed by atoms with van der Waals surface area (Å²) in [5.41, 5.74) is 5.21. The first-order chi connectivity index (χ1) is 5.57. The van der Waals surface area contributed by atoms with Gasteiger partial charge in [-0.1, -0.05) is 0 Å². The molecular weight excluding hydrogens is 166 g/mol. The first-order valence-electron chi connectivity index (χ1n) is 3.32. The number of nitrogens with two attached hydrogens (primary N) is 1. The third-order valence-electron chi connectivity index (χ3n) is 1.11. The second-order valence-electron chi connectivity index (χ2n) is 2.15. The van der Waals surface area contributed by atoms with Gasteiger partial charge >= 0.3 is 0 Å². The van der Waals surface area contributed by atoms with E-state index < -0.39 is 24.9 Å². The van der Waals surface area contributed by atoms with Crippen LogP contribution in [0.4, 0.5) is 8.78 Å². The fourth-order valence-electron chi connectivity index (χ4n) is 0.529. The Balaban J connectivity index is 3.66. The van der Waals surface area contributed by atoms with E-state index in [1.54, 1.807) is 0 Å². The molecule has 5 heteroatoms.